The first-order chi connectivity index (χ1) is 6.52. The van der Waals surface area contributed by atoms with E-state index >= 15 is 0 Å². The molecule has 0 bridgehead atoms. The van der Waals surface area contributed by atoms with Gasteiger partial charge in [0.25, 0.3) is 0 Å². The van der Waals surface area contributed by atoms with E-state index in [0.717, 1.165) is 5.69 Å². The summed E-state index contributed by atoms with van der Waals surface area (Å²) >= 11 is 0. The number of aliphatic carboxylic acids is 1. The summed E-state index contributed by atoms with van der Waals surface area (Å²) in [6.07, 6.45) is -1.05. The Morgan fingerprint density at radius 3 is 2.64 bits per heavy atom. The largest absolute Gasteiger partial charge is 0.481 e. The fraction of sp³-hybridized carbons (Fsp3) is 0.400. The van der Waals surface area contributed by atoms with Crippen molar-refractivity contribution in [1.29, 1.82) is 0 Å². The lowest BCUT2D eigenvalue weighted by Crippen LogP contribution is -2.19. The molecule has 1 rings (SSSR count). The number of hydrogen-bond donors (Lipinski definition) is 2. The number of carboxylic acid groups (broad SMARTS) is 1. The smallest absolute Gasteiger partial charge is 0.309 e. The predicted molar refractivity (Wildman–Crippen MR) is 50.7 cm³/mol. The maximum atomic E-state index is 10.6. The molecule has 76 valence electrons. The third kappa shape index (κ3) is 2.29. The van der Waals surface area contributed by atoms with Crippen molar-refractivity contribution >= 4 is 5.97 Å². The van der Waals surface area contributed by atoms with E-state index in [0.29, 0.717) is 5.69 Å². The Kier molecular flexibility index (Phi) is 3.19. The summed E-state index contributed by atoms with van der Waals surface area (Å²) in [6.45, 7) is 3.25. The number of aliphatic hydroxyl groups excluding tert-OH is 1. The topological polar surface area (TPSA) is 70.4 Å². The normalized spacial score (nSPS) is 14.8. The Morgan fingerprint density at radius 1 is 1.50 bits per heavy atom. The van der Waals surface area contributed by atoms with E-state index in [9.17, 15) is 9.90 Å². The van der Waals surface area contributed by atoms with Gasteiger partial charge in [0.15, 0.2) is 0 Å². The Balaban J connectivity index is 2.89. The zero-order valence-electron chi connectivity index (χ0n) is 8.14. The average molecular weight is 195 g/mol. The van der Waals surface area contributed by atoms with E-state index in [4.69, 9.17) is 5.11 Å². The van der Waals surface area contributed by atoms with Gasteiger partial charge in [-0.3, -0.25) is 9.78 Å². The Labute approximate surface area is 82.2 Å². The molecular formula is C10H13NO3. The predicted octanol–water partition coefficient (Wildman–Crippen LogP) is 1.14. The van der Waals surface area contributed by atoms with Crippen molar-refractivity contribution in [2.45, 2.75) is 20.0 Å². The van der Waals surface area contributed by atoms with E-state index in [1.54, 1.807) is 25.1 Å². The van der Waals surface area contributed by atoms with Gasteiger partial charge >= 0.3 is 5.97 Å². The summed E-state index contributed by atoms with van der Waals surface area (Å²) in [5, 5.41) is 18.3. The lowest BCUT2D eigenvalue weighted by molar-refractivity contribution is -0.145. The Hall–Kier alpha value is -1.42. The van der Waals surface area contributed by atoms with Gasteiger partial charge in [0.2, 0.25) is 0 Å². The fourth-order valence-electron chi connectivity index (χ4n) is 1.12. The molecule has 1 aromatic rings. The van der Waals surface area contributed by atoms with E-state index in [1.807, 2.05) is 0 Å². The average Bonchev–Trinajstić information content (AvgIpc) is 2.15. The summed E-state index contributed by atoms with van der Waals surface area (Å²) in [7, 11) is 0. The van der Waals surface area contributed by atoms with E-state index in [2.05, 4.69) is 4.98 Å². The molecule has 4 nitrogen and oxygen atoms in total. The molecule has 0 radical (unpaired) electrons. The highest BCUT2D eigenvalue weighted by Gasteiger charge is 2.23. The number of nitrogens with zero attached hydrogens (tertiary/aromatic N) is 1. The van der Waals surface area contributed by atoms with Gasteiger partial charge in [0, 0.05) is 5.69 Å². The monoisotopic (exact) mass is 195 g/mol. The highest BCUT2D eigenvalue weighted by atomic mass is 16.4. The molecule has 4 heteroatoms. The van der Waals surface area contributed by atoms with Crippen LogP contribution in [-0.2, 0) is 4.79 Å². The van der Waals surface area contributed by atoms with Crippen molar-refractivity contribution in [3.8, 4) is 0 Å². The molecule has 2 N–H and O–H groups in total. The molecule has 0 spiro atoms. The summed E-state index contributed by atoms with van der Waals surface area (Å²) in [5.74, 6) is -1.87. The van der Waals surface area contributed by atoms with Crippen LogP contribution in [0.3, 0.4) is 0 Å². The van der Waals surface area contributed by atoms with Crippen molar-refractivity contribution in [1.82, 2.24) is 4.98 Å². The minimum Gasteiger partial charge on any atom is -0.481 e. The number of pyridine rings is 1. The van der Waals surface area contributed by atoms with Gasteiger partial charge < -0.3 is 10.2 Å². The number of rotatable bonds is 3. The van der Waals surface area contributed by atoms with Crippen molar-refractivity contribution in [2.24, 2.45) is 5.92 Å². The second kappa shape index (κ2) is 4.19. The van der Waals surface area contributed by atoms with Gasteiger partial charge in [-0.15, -0.1) is 0 Å². The zero-order chi connectivity index (χ0) is 10.7. The van der Waals surface area contributed by atoms with Gasteiger partial charge in [-0.05, 0) is 26.0 Å². The highest BCUT2D eigenvalue weighted by Crippen LogP contribution is 2.19. The minimum absolute atomic E-state index is 0.403. The van der Waals surface area contributed by atoms with E-state index in [1.165, 1.54) is 6.92 Å². The SMILES string of the molecule is Cc1cccc(C(O)C(C)C(=O)O)n1. The number of aryl methyl sites for hydroxylation is 1. The molecule has 1 aromatic heterocycles. The van der Waals surface area contributed by atoms with E-state index < -0.39 is 18.0 Å². The van der Waals surface area contributed by atoms with Crippen LogP contribution in [0.4, 0.5) is 0 Å². The zero-order valence-corrected chi connectivity index (χ0v) is 8.14. The third-order valence-electron chi connectivity index (χ3n) is 2.08. The first-order valence-electron chi connectivity index (χ1n) is 4.37. The lowest BCUT2D eigenvalue weighted by Gasteiger charge is -2.14. The van der Waals surface area contributed by atoms with Crippen LogP contribution in [-0.4, -0.2) is 21.2 Å². The van der Waals surface area contributed by atoms with Gasteiger partial charge in [-0.25, -0.2) is 0 Å². The van der Waals surface area contributed by atoms with Crippen LogP contribution in [0, 0.1) is 12.8 Å². The standard InChI is InChI=1S/C10H13NO3/c1-6-4-3-5-8(11-6)9(12)7(2)10(13)14/h3-5,7,9,12H,1-2H3,(H,13,14). The second-order valence-electron chi connectivity index (χ2n) is 3.28. The maximum Gasteiger partial charge on any atom is 0.309 e. The molecule has 0 aliphatic rings. The van der Waals surface area contributed by atoms with Crippen LogP contribution in [0.2, 0.25) is 0 Å². The first kappa shape index (κ1) is 10.7. The molecular weight excluding hydrogens is 182 g/mol. The third-order valence-corrected chi connectivity index (χ3v) is 2.08. The Bertz CT molecular complexity index is 338. The molecule has 0 amide bonds. The van der Waals surface area contributed by atoms with Gasteiger partial charge in [0.05, 0.1) is 11.6 Å². The van der Waals surface area contributed by atoms with Gasteiger partial charge in [-0.2, -0.15) is 0 Å². The molecule has 14 heavy (non-hydrogen) atoms. The molecule has 2 atom stereocenters. The molecule has 1 heterocycles. The summed E-state index contributed by atoms with van der Waals surface area (Å²) in [6, 6.07) is 5.16. The molecule has 0 aliphatic heterocycles. The molecule has 0 aromatic carbocycles. The van der Waals surface area contributed by atoms with Crippen molar-refractivity contribution in [3.63, 3.8) is 0 Å². The van der Waals surface area contributed by atoms with E-state index in [-0.39, 0.29) is 0 Å². The molecule has 0 saturated carbocycles. The van der Waals surface area contributed by atoms with Crippen LogP contribution in [0.5, 0.6) is 0 Å². The van der Waals surface area contributed by atoms with Crippen LogP contribution in [0.25, 0.3) is 0 Å². The van der Waals surface area contributed by atoms with Crippen LogP contribution < -0.4 is 0 Å². The highest BCUT2D eigenvalue weighted by molar-refractivity contribution is 5.70. The molecule has 0 fully saturated rings. The summed E-state index contributed by atoms with van der Waals surface area (Å²) in [4.78, 5) is 14.7. The number of aromatic nitrogens is 1. The molecule has 0 saturated heterocycles. The van der Waals surface area contributed by atoms with Crippen molar-refractivity contribution in [2.75, 3.05) is 0 Å². The van der Waals surface area contributed by atoms with Crippen molar-refractivity contribution < 1.29 is 15.0 Å². The van der Waals surface area contributed by atoms with Crippen molar-refractivity contribution in [3.05, 3.63) is 29.6 Å². The number of aliphatic hydroxyl groups is 1. The van der Waals surface area contributed by atoms with Gasteiger partial charge in [-0.1, -0.05) is 6.07 Å². The second-order valence-corrected chi connectivity index (χ2v) is 3.28. The van der Waals surface area contributed by atoms with Crippen LogP contribution in [0.1, 0.15) is 24.4 Å². The van der Waals surface area contributed by atoms with Gasteiger partial charge in [0.1, 0.15) is 6.10 Å². The quantitative estimate of drug-likeness (QED) is 0.758. The van der Waals surface area contributed by atoms with Crippen LogP contribution >= 0.6 is 0 Å². The number of carbonyl (C=O) groups is 1. The Morgan fingerprint density at radius 2 is 2.14 bits per heavy atom. The number of carboxylic acids is 1. The molecule has 0 aliphatic carbocycles. The lowest BCUT2D eigenvalue weighted by atomic mass is 10.0. The summed E-state index contributed by atoms with van der Waals surface area (Å²) < 4.78 is 0. The minimum atomic E-state index is -1.05. The van der Waals surface area contributed by atoms with Crippen LogP contribution in [0.15, 0.2) is 18.2 Å². The summed E-state index contributed by atoms with van der Waals surface area (Å²) in [5.41, 5.74) is 1.17. The molecule has 2 unspecified atom stereocenters. The fourth-order valence-corrected chi connectivity index (χ4v) is 1.12. The first-order valence-corrected chi connectivity index (χ1v) is 4.37. The number of hydrogen-bond acceptors (Lipinski definition) is 3. The maximum absolute atomic E-state index is 10.6.